The number of methoxy groups -OCH3 is 1. The van der Waals surface area contributed by atoms with Gasteiger partial charge in [-0.25, -0.2) is 0 Å². The lowest BCUT2D eigenvalue weighted by atomic mass is 10.2. The molecule has 0 unspecified atom stereocenters. The van der Waals surface area contributed by atoms with E-state index in [1.807, 2.05) is 0 Å². The standard InChI is InChI=1S/C10H13N3O4.ClH/c1-11-6-10(14)12-7-3-4-9(17-2)8(5-7)13(15)16;/h3-5,11H,6H2,1-2H3,(H,12,14);1H. The van der Waals surface area contributed by atoms with Crippen LogP contribution in [0.25, 0.3) is 0 Å². The minimum Gasteiger partial charge on any atom is -0.490 e. The molecule has 0 bridgehead atoms. The molecule has 1 aromatic rings. The van der Waals surface area contributed by atoms with Crippen LogP contribution in [-0.2, 0) is 4.79 Å². The number of hydrogen-bond acceptors (Lipinski definition) is 5. The highest BCUT2D eigenvalue weighted by atomic mass is 35.5. The molecule has 0 aliphatic rings. The van der Waals surface area contributed by atoms with Crippen LogP contribution in [0.15, 0.2) is 18.2 Å². The highest BCUT2D eigenvalue weighted by molar-refractivity contribution is 5.92. The van der Waals surface area contributed by atoms with Gasteiger partial charge in [0.15, 0.2) is 5.75 Å². The zero-order valence-corrected chi connectivity index (χ0v) is 10.7. The molecule has 0 saturated carbocycles. The summed E-state index contributed by atoms with van der Waals surface area (Å²) in [5.74, 6) is -0.117. The third-order valence-corrected chi connectivity index (χ3v) is 2.00. The van der Waals surface area contributed by atoms with Crippen molar-refractivity contribution >= 4 is 29.7 Å². The first kappa shape index (κ1) is 16.1. The zero-order chi connectivity index (χ0) is 12.8. The molecule has 0 fully saturated rings. The first-order chi connectivity index (χ1) is 8.08. The van der Waals surface area contributed by atoms with E-state index >= 15 is 0 Å². The van der Waals surface area contributed by atoms with Crippen LogP contribution < -0.4 is 15.4 Å². The van der Waals surface area contributed by atoms with Gasteiger partial charge < -0.3 is 15.4 Å². The summed E-state index contributed by atoms with van der Waals surface area (Å²) in [6.45, 7) is 0.139. The van der Waals surface area contributed by atoms with E-state index in [4.69, 9.17) is 4.74 Å². The third-order valence-electron chi connectivity index (χ3n) is 2.00. The van der Waals surface area contributed by atoms with Crippen molar-refractivity contribution < 1.29 is 14.5 Å². The second-order valence-corrected chi connectivity index (χ2v) is 3.22. The second-order valence-electron chi connectivity index (χ2n) is 3.22. The minimum absolute atomic E-state index is 0. The summed E-state index contributed by atoms with van der Waals surface area (Å²) in [5, 5.41) is 15.9. The molecular formula is C10H14ClN3O4. The highest BCUT2D eigenvalue weighted by Gasteiger charge is 2.15. The maximum atomic E-state index is 11.3. The van der Waals surface area contributed by atoms with Crippen molar-refractivity contribution in [1.29, 1.82) is 0 Å². The number of nitro benzene ring substituents is 1. The molecule has 0 aliphatic heterocycles. The van der Waals surface area contributed by atoms with Crippen molar-refractivity contribution in [3.05, 3.63) is 28.3 Å². The summed E-state index contributed by atoms with van der Waals surface area (Å²) in [5.41, 5.74) is 0.174. The maximum Gasteiger partial charge on any atom is 0.312 e. The fraction of sp³-hybridized carbons (Fsp3) is 0.300. The van der Waals surface area contributed by atoms with Crippen LogP contribution in [0, 0.1) is 10.1 Å². The van der Waals surface area contributed by atoms with E-state index in [9.17, 15) is 14.9 Å². The van der Waals surface area contributed by atoms with Crippen LogP contribution in [-0.4, -0.2) is 31.5 Å². The number of carbonyl (C=O) groups is 1. The van der Waals surface area contributed by atoms with Crippen molar-refractivity contribution in [2.75, 3.05) is 26.0 Å². The fourth-order valence-electron chi connectivity index (χ4n) is 1.28. The first-order valence-electron chi connectivity index (χ1n) is 4.85. The normalized spacial score (nSPS) is 9.22. The topological polar surface area (TPSA) is 93.5 Å². The van der Waals surface area contributed by atoms with Crippen molar-refractivity contribution in [3.8, 4) is 5.75 Å². The molecule has 0 aliphatic carbocycles. The number of ether oxygens (including phenoxy) is 1. The monoisotopic (exact) mass is 275 g/mol. The first-order valence-corrected chi connectivity index (χ1v) is 4.85. The van der Waals surface area contributed by atoms with Crippen molar-refractivity contribution in [1.82, 2.24) is 5.32 Å². The Hall–Kier alpha value is -1.86. The number of anilines is 1. The van der Waals surface area contributed by atoms with E-state index in [0.717, 1.165) is 0 Å². The van der Waals surface area contributed by atoms with Gasteiger partial charge in [-0.1, -0.05) is 0 Å². The van der Waals surface area contributed by atoms with Crippen molar-refractivity contribution in [3.63, 3.8) is 0 Å². The smallest absolute Gasteiger partial charge is 0.312 e. The van der Waals surface area contributed by atoms with Crippen LogP contribution in [0.4, 0.5) is 11.4 Å². The van der Waals surface area contributed by atoms with Crippen LogP contribution in [0.1, 0.15) is 0 Å². The van der Waals surface area contributed by atoms with E-state index < -0.39 is 4.92 Å². The Bertz CT molecular complexity index is 439. The number of nitrogens with one attached hydrogen (secondary N) is 2. The number of nitro groups is 1. The average Bonchev–Trinajstić information content (AvgIpc) is 2.29. The van der Waals surface area contributed by atoms with Gasteiger partial charge in [0, 0.05) is 11.8 Å². The third kappa shape index (κ3) is 4.19. The summed E-state index contributed by atoms with van der Waals surface area (Å²) in [6, 6.07) is 4.24. The second kappa shape index (κ2) is 7.46. The lowest BCUT2D eigenvalue weighted by molar-refractivity contribution is -0.385. The SMILES string of the molecule is CNCC(=O)Nc1ccc(OC)c([N+](=O)[O-])c1.Cl. The lowest BCUT2D eigenvalue weighted by Crippen LogP contribution is -2.25. The predicted octanol–water partition coefficient (Wildman–Crippen LogP) is 1.18. The van der Waals surface area contributed by atoms with Gasteiger partial charge in [0.1, 0.15) is 0 Å². The summed E-state index contributed by atoms with van der Waals surface area (Å²) in [7, 11) is 2.98. The summed E-state index contributed by atoms with van der Waals surface area (Å²) in [4.78, 5) is 21.5. The largest absolute Gasteiger partial charge is 0.490 e. The number of halogens is 1. The molecule has 8 heteroatoms. The van der Waals surface area contributed by atoms with Crippen molar-refractivity contribution in [2.24, 2.45) is 0 Å². The summed E-state index contributed by atoms with van der Waals surface area (Å²) >= 11 is 0. The quantitative estimate of drug-likeness (QED) is 0.622. The Morgan fingerprint density at radius 1 is 1.50 bits per heavy atom. The van der Waals surface area contributed by atoms with Crippen LogP contribution >= 0.6 is 12.4 Å². The summed E-state index contributed by atoms with van der Waals surface area (Å²) < 4.78 is 4.85. The number of rotatable bonds is 5. The van der Waals surface area contributed by atoms with Gasteiger partial charge in [-0.15, -0.1) is 12.4 Å². The van der Waals surface area contributed by atoms with E-state index in [0.29, 0.717) is 5.69 Å². The highest BCUT2D eigenvalue weighted by Crippen LogP contribution is 2.29. The summed E-state index contributed by atoms with van der Waals surface area (Å²) in [6.07, 6.45) is 0. The van der Waals surface area contributed by atoms with Crippen LogP contribution in [0.3, 0.4) is 0 Å². The van der Waals surface area contributed by atoms with Gasteiger partial charge in [0.05, 0.1) is 18.6 Å². The molecule has 18 heavy (non-hydrogen) atoms. The molecule has 7 nitrogen and oxygen atoms in total. The minimum atomic E-state index is -0.563. The number of carbonyl (C=O) groups excluding carboxylic acids is 1. The van der Waals surface area contributed by atoms with Crippen LogP contribution in [0.5, 0.6) is 5.75 Å². The number of amides is 1. The molecule has 0 atom stereocenters. The molecular weight excluding hydrogens is 262 g/mol. The van der Waals surface area contributed by atoms with Gasteiger partial charge >= 0.3 is 5.69 Å². The molecule has 0 heterocycles. The van der Waals surface area contributed by atoms with Crippen molar-refractivity contribution in [2.45, 2.75) is 0 Å². The zero-order valence-electron chi connectivity index (χ0n) is 9.93. The molecule has 0 saturated heterocycles. The van der Waals surface area contributed by atoms with Gasteiger partial charge in [0.25, 0.3) is 0 Å². The Balaban J connectivity index is 0.00000289. The van der Waals surface area contributed by atoms with Gasteiger partial charge in [-0.3, -0.25) is 14.9 Å². The molecule has 0 spiro atoms. The average molecular weight is 276 g/mol. The lowest BCUT2D eigenvalue weighted by Gasteiger charge is -2.06. The van der Waals surface area contributed by atoms with Gasteiger partial charge in [-0.2, -0.15) is 0 Å². The number of likely N-dealkylation sites (N-methyl/N-ethyl adjacent to an activating group) is 1. The van der Waals surface area contributed by atoms with Crippen LogP contribution in [0.2, 0.25) is 0 Å². The Morgan fingerprint density at radius 3 is 2.67 bits per heavy atom. The number of hydrogen-bond donors (Lipinski definition) is 2. The maximum absolute atomic E-state index is 11.3. The Labute approximate surface area is 110 Å². The number of nitrogens with zero attached hydrogens (tertiary/aromatic N) is 1. The van der Waals surface area contributed by atoms with E-state index in [2.05, 4.69) is 10.6 Å². The molecule has 0 radical (unpaired) electrons. The molecule has 1 rings (SSSR count). The number of benzene rings is 1. The molecule has 1 aromatic carbocycles. The fourth-order valence-corrected chi connectivity index (χ4v) is 1.28. The van der Waals surface area contributed by atoms with E-state index in [1.165, 1.54) is 19.2 Å². The van der Waals surface area contributed by atoms with Gasteiger partial charge in [-0.05, 0) is 19.2 Å². The molecule has 0 aromatic heterocycles. The molecule has 1 amide bonds. The molecule has 2 N–H and O–H groups in total. The Morgan fingerprint density at radius 2 is 2.17 bits per heavy atom. The van der Waals surface area contributed by atoms with E-state index in [1.54, 1.807) is 13.1 Å². The molecule has 100 valence electrons. The predicted molar refractivity (Wildman–Crippen MR) is 69.5 cm³/mol. The van der Waals surface area contributed by atoms with Gasteiger partial charge in [0.2, 0.25) is 5.91 Å². The Kier molecular flexibility index (Phi) is 6.69. The van der Waals surface area contributed by atoms with E-state index in [-0.39, 0.29) is 36.3 Å².